The molecule has 0 radical (unpaired) electrons. The molecular weight excluding hydrogens is 513 g/mol. The second kappa shape index (κ2) is 11.4. The number of para-hydroxylation sites is 1. The molecule has 10 nitrogen and oxygen atoms in total. The van der Waals surface area contributed by atoms with Crippen molar-refractivity contribution in [2.75, 3.05) is 17.2 Å². The van der Waals surface area contributed by atoms with Gasteiger partial charge >= 0.3 is 6.18 Å². The Balaban J connectivity index is 1.63. The minimum Gasteiger partial charge on any atom is -0.405 e. The minimum atomic E-state index is -4.68. The number of nitrogens with zero attached hydrogens (tertiary/aromatic N) is 4. The number of amides is 1. The van der Waals surface area contributed by atoms with E-state index in [-0.39, 0.29) is 24.3 Å². The van der Waals surface area contributed by atoms with E-state index in [2.05, 4.69) is 25.6 Å². The Morgan fingerprint density at radius 2 is 1.92 bits per heavy atom. The van der Waals surface area contributed by atoms with Crippen molar-refractivity contribution in [2.45, 2.75) is 18.8 Å². The lowest BCUT2D eigenvalue weighted by atomic mass is 10.0. The minimum absolute atomic E-state index is 0.00310. The molecule has 0 fully saturated rings. The number of aromatic nitrogens is 1. The standard InChI is InChI=1S/C26H21F3N8O2/c27-26(28,29)16-13-19(33-12-6-11-30)21(34-14-16)22(31)39-25(32)37-23-24(38)35-18-10-5-4-9-17(18)20(36-23)15-7-2-1-3-8-15/h1-5,7-10,13-14,23,31,33H,6,12H2,(H2,32,37)(H,35,38). The number of pyridine rings is 1. The number of hydrogen-bond acceptors (Lipinski definition) is 8. The first kappa shape index (κ1) is 26.8. The number of amidine groups is 1. The van der Waals surface area contributed by atoms with Gasteiger partial charge in [0.05, 0.1) is 35.1 Å². The Kier molecular flexibility index (Phi) is 7.85. The zero-order valence-corrected chi connectivity index (χ0v) is 20.2. The van der Waals surface area contributed by atoms with Crippen molar-refractivity contribution >= 4 is 34.9 Å². The number of rotatable bonds is 6. The van der Waals surface area contributed by atoms with E-state index < -0.39 is 35.7 Å². The molecule has 3 aromatic rings. The van der Waals surface area contributed by atoms with E-state index in [1.54, 1.807) is 24.3 Å². The highest BCUT2D eigenvalue weighted by Crippen LogP contribution is 2.31. The molecule has 13 heteroatoms. The third kappa shape index (κ3) is 6.37. The number of carbonyl (C=O) groups excluding carboxylic acids is 1. The van der Waals surface area contributed by atoms with Crippen LogP contribution in [0.3, 0.4) is 0 Å². The van der Waals surface area contributed by atoms with Gasteiger partial charge in [-0.05, 0) is 12.1 Å². The van der Waals surface area contributed by atoms with Crippen LogP contribution in [0.25, 0.3) is 0 Å². The largest absolute Gasteiger partial charge is 0.417 e. The van der Waals surface area contributed by atoms with E-state index >= 15 is 0 Å². The molecule has 1 aromatic heterocycles. The number of benzene rings is 2. The molecular formula is C26H21F3N8O2. The van der Waals surface area contributed by atoms with Gasteiger partial charge in [0.25, 0.3) is 11.9 Å². The van der Waals surface area contributed by atoms with Crippen LogP contribution in [-0.4, -0.2) is 41.2 Å². The number of aliphatic imine (C=N–C) groups is 2. The van der Waals surface area contributed by atoms with E-state index in [0.29, 0.717) is 23.2 Å². The number of halogens is 3. The van der Waals surface area contributed by atoms with E-state index in [0.717, 1.165) is 11.6 Å². The molecule has 0 aliphatic carbocycles. The van der Waals surface area contributed by atoms with E-state index in [4.69, 9.17) is 21.1 Å². The predicted molar refractivity (Wildman–Crippen MR) is 138 cm³/mol. The molecule has 0 saturated heterocycles. The third-order valence-electron chi connectivity index (χ3n) is 5.41. The van der Waals surface area contributed by atoms with Gasteiger partial charge in [-0.2, -0.15) is 23.4 Å². The summed E-state index contributed by atoms with van der Waals surface area (Å²) >= 11 is 0. The number of alkyl halides is 3. The van der Waals surface area contributed by atoms with Gasteiger partial charge in [-0.1, -0.05) is 48.5 Å². The molecule has 1 aliphatic rings. The average Bonchev–Trinajstić information content (AvgIpc) is 3.04. The Labute approximate surface area is 220 Å². The topological polar surface area (TPSA) is 162 Å². The van der Waals surface area contributed by atoms with Crippen LogP contribution >= 0.6 is 0 Å². The number of hydrogen-bond donors (Lipinski definition) is 4. The van der Waals surface area contributed by atoms with Gasteiger partial charge in [-0.15, -0.1) is 0 Å². The number of anilines is 2. The normalized spacial score (nSPS) is 15.2. The van der Waals surface area contributed by atoms with Gasteiger partial charge in [0, 0.05) is 23.9 Å². The lowest BCUT2D eigenvalue weighted by Gasteiger charge is -2.15. The van der Waals surface area contributed by atoms with Crippen molar-refractivity contribution in [3.05, 3.63) is 89.2 Å². The molecule has 5 N–H and O–H groups in total. The van der Waals surface area contributed by atoms with E-state index in [1.807, 2.05) is 36.4 Å². The molecule has 4 rings (SSSR count). The zero-order valence-electron chi connectivity index (χ0n) is 20.2. The fraction of sp³-hybridized carbons (Fsp3) is 0.154. The monoisotopic (exact) mass is 534 g/mol. The number of carbonyl (C=O) groups is 1. The SMILES string of the molecule is N#CCCNc1cc(C(F)(F)F)cnc1C(=N)O/C(N)=N/C1N=C(c2ccccc2)c2ccccc2NC1=O. The van der Waals surface area contributed by atoms with Crippen molar-refractivity contribution < 1.29 is 22.7 Å². The Morgan fingerprint density at radius 3 is 2.64 bits per heavy atom. The summed E-state index contributed by atoms with van der Waals surface area (Å²) in [7, 11) is 0. The maximum atomic E-state index is 13.2. The highest BCUT2D eigenvalue weighted by molar-refractivity contribution is 6.19. The molecule has 0 bridgehead atoms. The van der Waals surface area contributed by atoms with Crippen LogP contribution in [0, 0.1) is 16.7 Å². The summed E-state index contributed by atoms with van der Waals surface area (Å²) < 4.78 is 44.8. The molecule has 0 saturated carbocycles. The summed E-state index contributed by atoms with van der Waals surface area (Å²) in [5.74, 6) is -1.34. The maximum Gasteiger partial charge on any atom is 0.417 e. The first-order valence-electron chi connectivity index (χ1n) is 11.5. The van der Waals surface area contributed by atoms with Crippen molar-refractivity contribution in [1.82, 2.24) is 4.98 Å². The molecule has 39 heavy (non-hydrogen) atoms. The smallest absolute Gasteiger partial charge is 0.405 e. The molecule has 1 unspecified atom stereocenters. The number of fused-ring (bicyclic) bond motifs is 1. The fourth-order valence-corrected chi connectivity index (χ4v) is 3.65. The molecule has 2 heterocycles. The summed E-state index contributed by atoms with van der Waals surface area (Å²) in [5, 5.41) is 22.4. The summed E-state index contributed by atoms with van der Waals surface area (Å²) in [6.45, 7) is 0.00310. The summed E-state index contributed by atoms with van der Waals surface area (Å²) in [5.41, 5.74) is 6.69. The predicted octanol–water partition coefficient (Wildman–Crippen LogP) is 3.90. The zero-order chi connectivity index (χ0) is 28.0. The van der Waals surface area contributed by atoms with Gasteiger partial charge in [-0.25, -0.2) is 9.98 Å². The van der Waals surface area contributed by atoms with Crippen LogP contribution in [0.2, 0.25) is 0 Å². The lowest BCUT2D eigenvalue weighted by molar-refractivity contribution is -0.137. The number of ether oxygens (including phenoxy) is 1. The van der Waals surface area contributed by atoms with E-state index in [9.17, 15) is 18.0 Å². The number of nitriles is 1. The summed E-state index contributed by atoms with van der Waals surface area (Å²) in [4.78, 5) is 25.2. The first-order chi connectivity index (χ1) is 18.7. The molecule has 2 aromatic carbocycles. The summed E-state index contributed by atoms with van der Waals surface area (Å²) in [6, 6.07) is 18.1. The Hall–Kier alpha value is -5.25. The fourth-order valence-electron chi connectivity index (χ4n) is 3.65. The second-order valence-electron chi connectivity index (χ2n) is 8.10. The number of nitrogens with two attached hydrogens (primary N) is 1. The van der Waals surface area contributed by atoms with Gasteiger partial charge in [-0.3, -0.25) is 10.2 Å². The van der Waals surface area contributed by atoms with Crippen molar-refractivity contribution in [2.24, 2.45) is 15.7 Å². The van der Waals surface area contributed by atoms with Gasteiger partial charge in [0.1, 0.15) is 5.69 Å². The Morgan fingerprint density at radius 1 is 1.21 bits per heavy atom. The Bertz CT molecular complexity index is 1500. The van der Waals surface area contributed by atoms with Crippen LogP contribution in [0.5, 0.6) is 0 Å². The molecule has 0 spiro atoms. The molecule has 1 amide bonds. The average molecular weight is 535 g/mol. The van der Waals surface area contributed by atoms with Crippen molar-refractivity contribution in [3.63, 3.8) is 0 Å². The van der Waals surface area contributed by atoms with Crippen LogP contribution in [0.1, 0.15) is 28.8 Å². The van der Waals surface area contributed by atoms with Crippen molar-refractivity contribution in [1.29, 1.82) is 10.7 Å². The second-order valence-corrected chi connectivity index (χ2v) is 8.10. The summed E-state index contributed by atoms with van der Waals surface area (Å²) in [6.07, 6.45) is -5.54. The number of nitrogens with one attached hydrogen (secondary N) is 3. The van der Waals surface area contributed by atoms with E-state index in [1.165, 1.54) is 0 Å². The van der Waals surface area contributed by atoms with Crippen LogP contribution in [0.15, 0.2) is 76.8 Å². The lowest BCUT2D eigenvalue weighted by Crippen LogP contribution is -2.29. The molecule has 1 aliphatic heterocycles. The first-order valence-corrected chi connectivity index (χ1v) is 11.5. The van der Waals surface area contributed by atoms with Crippen LogP contribution in [-0.2, 0) is 15.7 Å². The van der Waals surface area contributed by atoms with Crippen LogP contribution < -0.4 is 16.4 Å². The third-order valence-corrected chi connectivity index (χ3v) is 5.41. The van der Waals surface area contributed by atoms with Gasteiger partial charge in [0.15, 0.2) is 0 Å². The number of benzodiazepines with no additional fused rings is 1. The maximum absolute atomic E-state index is 13.2. The van der Waals surface area contributed by atoms with Gasteiger partial charge in [0.2, 0.25) is 12.1 Å². The highest BCUT2D eigenvalue weighted by atomic mass is 19.4. The van der Waals surface area contributed by atoms with Crippen molar-refractivity contribution in [3.8, 4) is 6.07 Å². The molecule has 198 valence electrons. The van der Waals surface area contributed by atoms with Crippen LogP contribution in [0.4, 0.5) is 24.5 Å². The van der Waals surface area contributed by atoms with Gasteiger partial charge < -0.3 is 21.1 Å². The molecule has 1 atom stereocenters. The highest BCUT2D eigenvalue weighted by Gasteiger charge is 2.32. The quantitative estimate of drug-likeness (QED) is 0.213.